The minimum Gasteiger partial charge on any atom is -0.505 e. The lowest BCUT2D eigenvalue weighted by Crippen LogP contribution is -2.20. The number of nitrogens with one attached hydrogen (secondary N) is 1. The van der Waals surface area contributed by atoms with E-state index in [1.54, 1.807) is 0 Å². The van der Waals surface area contributed by atoms with Gasteiger partial charge in [0.25, 0.3) is 5.91 Å². The van der Waals surface area contributed by atoms with E-state index in [4.69, 9.17) is 4.74 Å². The Hall–Kier alpha value is -3.02. The van der Waals surface area contributed by atoms with Gasteiger partial charge in [0.05, 0.1) is 12.8 Å². The van der Waals surface area contributed by atoms with Crippen LogP contribution in [-0.4, -0.2) is 30.7 Å². The Labute approximate surface area is 152 Å². The number of phenols is 1. The first-order valence-corrected chi connectivity index (χ1v) is 8.16. The third-order valence-electron chi connectivity index (χ3n) is 3.81. The second-order valence-corrected chi connectivity index (χ2v) is 6.80. The van der Waals surface area contributed by atoms with Gasteiger partial charge in [0.2, 0.25) is 0 Å². The molecule has 6 nitrogen and oxygen atoms in total. The largest absolute Gasteiger partial charge is 0.505 e. The number of para-hydroxylation sites is 1. The van der Waals surface area contributed by atoms with Crippen molar-refractivity contribution in [3.05, 3.63) is 53.6 Å². The van der Waals surface area contributed by atoms with Gasteiger partial charge in [-0.2, -0.15) is 0 Å². The Balaban J connectivity index is 1.98. The van der Waals surface area contributed by atoms with Crippen molar-refractivity contribution >= 4 is 17.6 Å². The van der Waals surface area contributed by atoms with E-state index >= 15 is 0 Å². The maximum atomic E-state index is 12.1. The molecule has 2 aromatic carbocycles. The number of phenolic OH excluding ortho intramolecular Hbond substituents is 1. The number of esters is 1. The zero-order valence-electron chi connectivity index (χ0n) is 15.3. The minimum atomic E-state index is -0.686. The van der Waals surface area contributed by atoms with Crippen LogP contribution in [0.2, 0.25) is 0 Å². The van der Waals surface area contributed by atoms with Crippen molar-refractivity contribution in [3.63, 3.8) is 0 Å². The predicted octanol–water partition coefficient (Wildman–Crippen LogP) is 3.49. The molecule has 0 saturated heterocycles. The lowest BCUT2D eigenvalue weighted by atomic mass is 9.87. The summed E-state index contributed by atoms with van der Waals surface area (Å²) < 4.78 is 10.0. The van der Waals surface area contributed by atoms with Gasteiger partial charge >= 0.3 is 5.97 Å². The fraction of sp³-hybridized carbons (Fsp3) is 0.300. The maximum Gasteiger partial charge on any atom is 0.341 e. The number of methoxy groups -OCH3 is 1. The summed E-state index contributed by atoms with van der Waals surface area (Å²) in [6.45, 7) is 6.12. The Morgan fingerprint density at radius 2 is 1.73 bits per heavy atom. The number of anilines is 1. The molecule has 0 heterocycles. The van der Waals surface area contributed by atoms with Crippen LogP contribution in [0.5, 0.6) is 11.5 Å². The summed E-state index contributed by atoms with van der Waals surface area (Å²) in [6.07, 6.45) is 0. The third kappa shape index (κ3) is 4.75. The fourth-order valence-electron chi connectivity index (χ4n) is 2.31. The maximum absolute atomic E-state index is 12.1. The quantitative estimate of drug-likeness (QED) is 0.632. The van der Waals surface area contributed by atoms with Crippen LogP contribution >= 0.6 is 0 Å². The molecule has 0 bridgehead atoms. The molecule has 0 atom stereocenters. The average Bonchev–Trinajstić information content (AvgIpc) is 2.60. The Kier molecular flexibility index (Phi) is 5.87. The molecule has 0 spiro atoms. The number of rotatable bonds is 5. The van der Waals surface area contributed by atoms with Crippen LogP contribution in [0.15, 0.2) is 42.5 Å². The molecular weight excluding hydrogens is 334 g/mol. The van der Waals surface area contributed by atoms with Crippen LogP contribution in [0.25, 0.3) is 0 Å². The highest BCUT2D eigenvalue weighted by Gasteiger charge is 2.16. The van der Waals surface area contributed by atoms with E-state index in [1.807, 2.05) is 24.3 Å². The van der Waals surface area contributed by atoms with Crippen molar-refractivity contribution in [1.82, 2.24) is 0 Å². The topological polar surface area (TPSA) is 84.9 Å². The van der Waals surface area contributed by atoms with Crippen molar-refractivity contribution < 1.29 is 24.2 Å². The van der Waals surface area contributed by atoms with Crippen LogP contribution in [0.3, 0.4) is 0 Å². The predicted molar refractivity (Wildman–Crippen MR) is 98.7 cm³/mol. The fourth-order valence-corrected chi connectivity index (χ4v) is 2.31. The first-order valence-electron chi connectivity index (χ1n) is 8.16. The van der Waals surface area contributed by atoms with Crippen molar-refractivity contribution in [2.75, 3.05) is 19.0 Å². The number of carbonyl (C=O) groups is 2. The van der Waals surface area contributed by atoms with Crippen molar-refractivity contribution in [3.8, 4) is 11.5 Å². The normalized spacial score (nSPS) is 10.9. The Morgan fingerprint density at radius 3 is 2.31 bits per heavy atom. The molecule has 2 aromatic rings. The van der Waals surface area contributed by atoms with Crippen LogP contribution in [0.1, 0.15) is 36.7 Å². The molecule has 1 amide bonds. The number of aromatic hydroxyl groups is 1. The van der Waals surface area contributed by atoms with E-state index in [2.05, 4.69) is 30.8 Å². The number of hydrogen-bond acceptors (Lipinski definition) is 5. The zero-order valence-corrected chi connectivity index (χ0v) is 15.3. The van der Waals surface area contributed by atoms with Crippen molar-refractivity contribution in [2.24, 2.45) is 0 Å². The number of amides is 1. The van der Waals surface area contributed by atoms with Crippen molar-refractivity contribution in [1.29, 1.82) is 0 Å². The molecule has 0 radical (unpaired) electrons. The number of benzene rings is 2. The van der Waals surface area contributed by atoms with Gasteiger partial charge in [0.15, 0.2) is 12.4 Å². The highest BCUT2D eigenvalue weighted by Crippen LogP contribution is 2.28. The van der Waals surface area contributed by atoms with E-state index in [0.29, 0.717) is 5.75 Å². The van der Waals surface area contributed by atoms with Crippen LogP contribution in [0, 0.1) is 0 Å². The van der Waals surface area contributed by atoms with Gasteiger partial charge in [-0.1, -0.05) is 39.0 Å². The molecule has 6 heteroatoms. The average molecular weight is 357 g/mol. The van der Waals surface area contributed by atoms with Gasteiger partial charge in [-0.15, -0.1) is 0 Å². The first-order chi connectivity index (χ1) is 12.2. The summed E-state index contributed by atoms with van der Waals surface area (Å²) in [4.78, 5) is 23.6. The van der Waals surface area contributed by atoms with Crippen LogP contribution < -0.4 is 10.1 Å². The molecule has 0 saturated carbocycles. The summed E-state index contributed by atoms with van der Waals surface area (Å²) in [5.74, 6) is -0.918. The summed E-state index contributed by atoms with van der Waals surface area (Å²) in [6, 6.07) is 12.0. The SMILES string of the molecule is COC(=O)c1cccc(NC(=O)COc2ccc(C(C)(C)C)cc2)c1O. The van der Waals surface area contributed by atoms with Gasteiger partial charge in [0.1, 0.15) is 11.3 Å². The third-order valence-corrected chi connectivity index (χ3v) is 3.81. The number of ether oxygens (including phenoxy) is 2. The summed E-state index contributed by atoms with van der Waals surface area (Å²) in [7, 11) is 1.21. The van der Waals surface area contributed by atoms with Crippen molar-refractivity contribution in [2.45, 2.75) is 26.2 Å². The highest BCUT2D eigenvalue weighted by molar-refractivity contribution is 5.98. The van der Waals surface area contributed by atoms with E-state index < -0.39 is 11.9 Å². The lowest BCUT2D eigenvalue weighted by molar-refractivity contribution is -0.118. The Bertz CT molecular complexity index is 791. The van der Waals surface area contributed by atoms with E-state index in [9.17, 15) is 14.7 Å². The van der Waals surface area contributed by atoms with Crippen LogP contribution in [-0.2, 0) is 14.9 Å². The molecular formula is C20H23NO5. The molecule has 138 valence electrons. The molecule has 26 heavy (non-hydrogen) atoms. The standard InChI is InChI=1S/C20H23NO5/c1-20(2,3)13-8-10-14(11-9-13)26-12-17(22)21-16-7-5-6-15(18(16)23)19(24)25-4/h5-11,23H,12H2,1-4H3,(H,21,22). The lowest BCUT2D eigenvalue weighted by Gasteiger charge is -2.19. The summed E-state index contributed by atoms with van der Waals surface area (Å²) >= 11 is 0. The number of hydrogen-bond donors (Lipinski definition) is 2. The van der Waals surface area contributed by atoms with Gasteiger partial charge in [-0.25, -0.2) is 4.79 Å². The highest BCUT2D eigenvalue weighted by atomic mass is 16.5. The van der Waals surface area contributed by atoms with Gasteiger partial charge in [-0.05, 0) is 35.2 Å². The smallest absolute Gasteiger partial charge is 0.341 e. The van der Waals surface area contributed by atoms with E-state index in [1.165, 1.54) is 30.9 Å². The molecule has 0 aliphatic heterocycles. The van der Waals surface area contributed by atoms with Crippen LogP contribution in [0.4, 0.5) is 5.69 Å². The summed E-state index contributed by atoms with van der Waals surface area (Å²) in [5.41, 5.74) is 1.30. The monoisotopic (exact) mass is 357 g/mol. The second kappa shape index (κ2) is 7.91. The number of carbonyl (C=O) groups excluding carboxylic acids is 2. The van der Waals surface area contributed by atoms with E-state index in [0.717, 1.165) is 0 Å². The Morgan fingerprint density at radius 1 is 1.08 bits per heavy atom. The zero-order chi connectivity index (χ0) is 19.3. The molecule has 0 aromatic heterocycles. The minimum absolute atomic E-state index is 0.0241. The second-order valence-electron chi connectivity index (χ2n) is 6.80. The molecule has 0 unspecified atom stereocenters. The summed E-state index contributed by atoms with van der Waals surface area (Å²) in [5, 5.41) is 12.6. The van der Waals surface area contributed by atoms with E-state index in [-0.39, 0.29) is 29.0 Å². The molecule has 2 rings (SSSR count). The molecule has 0 aliphatic carbocycles. The van der Waals surface area contributed by atoms with Gasteiger partial charge in [-0.3, -0.25) is 4.79 Å². The first kappa shape index (κ1) is 19.3. The van der Waals surface area contributed by atoms with Gasteiger partial charge in [0, 0.05) is 0 Å². The van der Waals surface area contributed by atoms with Gasteiger partial charge < -0.3 is 19.9 Å². The molecule has 0 fully saturated rings. The molecule has 0 aliphatic rings. The molecule has 2 N–H and O–H groups in total.